The van der Waals surface area contributed by atoms with Crippen LogP contribution in [0.25, 0.3) is 0 Å². The third-order valence-corrected chi connectivity index (χ3v) is 4.06. The Balaban J connectivity index is 2.64. The Labute approximate surface area is 167 Å². The van der Waals surface area contributed by atoms with E-state index in [1.807, 2.05) is 0 Å². The van der Waals surface area contributed by atoms with Crippen LogP contribution in [0.15, 0.2) is 33.2 Å². The van der Waals surface area contributed by atoms with Crippen LogP contribution in [0.2, 0.25) is 0 Å². The predicted molar refractivity (Wildman–Crippen MR) is 98.9 cm³/mol. The van der Waals surface area contributed by atoms with E-state index in [-0.39, 0.29) is 35.0 Å². The fourth-order valence-electron chi connectivity index (χ4n) is 2.67. The van der Waals surface area contributed by atoms with E-state index in [1.54, 1.807) is 19.9 Å². The van der Waals surface area contributed by atoms with Gasteiger partial charge in [0, 0.05) is 18.2 Å². The topological polar surface area (TPSA) is 134 Å². The van der Waals surface area contributed by atoms with Gasteiger partial charge >= 0.3 is 6.18 Å². The molecule has 1 heterocycles. The summed E-state index contributed by atoms with van der Waals surface area (Å²) in [5.74, 6) is -0.612. The summed E-state index contributed by atoms with van der Waals surface area (Å²) in [4.78, 5) is 22.3. The fraction of sp³-hybridized carbons (Fsp3) is 0.333. The minimum Gasteiger partial charge on any atom is -0.493 e. The molecular formula is C18H16F3N5O4. The molecule has 2 rings (SSSR count). The molecular weight excluding hydrogens is 407 g/mol. The van der Waals surface area contributed by atoms with Crippen LogP contribution < -0.4 is 5.56 Å². The first-order valence-corrected chi connectivity index (χ1v) is 8.52. The van der Waals surface area contributed by atoms with Crippen molar-refractivity contribution in [2.75, 3.05) is 0 Å². The normalized spacial score (nSPS) is 11.8. The van der Waals surface area contributed by atoms with E-state index in [9.17, 15) is 38.4 Å². The fourth-order valence-corrected chi connectivity index (χ4v) is 2.67. The maximum atomic E-state index is 13.1. The van der Waals surface area contributed by atoms with E-state index in [0.29, 0.717) is 12.1 Å². The van der Waals surface area contributed by atoms with Gasteiger partial charge in [0.1, 0.15) is 17.2 Å². The van der Waals surface area contributed by atoms with Crippen molar-refractivity contribution >= 4 is 17.1 Å². The van der Waals surface area contributed by atoms with Crippen LogP contribution in [-0.2, 0) is 12.7 Å². The lowest BCUT2D eigenvalue weighted by Crippen LogP contribution is -2.24. The Morgan fingerprint density at radius 3 is 2.47 bits per heavy atom. The number of hydrogen-bond donors (Lipinski definition) is 1. The highest BCUT2D eigenvalue weighted by Gasteiger charge is 2.38. The summed E-state index contributed by atoms with van der Waals surface area (Å²) in [5.41, 5.74) is -4.37. The van der Waals surface area contributed by atoms with Gasteiger partial charge in [0.2, 0.25) is 5.88 Å². The number of aromatic hydroxyl groups is 1. The van der Waals surface area contributed by atoms with Gasteiger partial charge in [-0.05, 0) is 25.0 Å². The van der Waals surface area contributed by atoms with E-state index in [4.69, 9.17) is 0 Å². The summed E-state index contributed by atoms with van der Waals surface area (Å²) >= 11 is 0. The van der Waals surface area contributed by atoms with Crippen molar-refractivity contribution < 1.29 is 23.2 Å². The van der Waals surface area contributed by atoms with Crippen LogP contribution in [0, 0.1) is 34.3 Å². The Morgan fingerprint density at radius 1 is 1.33 bits per heavy atom. The predicted octanol–water partition coefficient (Wildman–Crippen LogP) is 4.73. The number of halogens is 3. The number of alkyl halides is 3. The maximum Gasteiger partial charge on any atom is 0.423 e. The molecule has 158 valence electrons. The smallest absolute Gasteiger partial charge is 0.423 e. The van der Waals surface area contributed by atoms with Crippen molar-refractivity contribution in [1.29, 1.82) is 5.26 Å². The molecule has 0 saturated heterocycles. The van der Waals surface area contributed by atoms with Crippen LogP contribution in [0.4, 0.5) is 30.2 Å². The first-order valence-electron chi connectivity index (χ1n) is 8.52. The van der Waals surface area contributed by atoms with Gasteiger partial charge in [0.15, 0.2) is 5.69 Å². The Bertz CT molecular complexity index is 1130. The third kappa shape index (κ3) is 4.45. The van der Waals surface area contributed by atoms with E-state index in [0.717, 1.165) is 10.6 Å². The second kappa shape index (κ2) is 8.32. The molecule has 0 aliphatic carbocycles. The second-order valence-electron chi connectivity index (χ2n) is 6.75. The summed E-state index contributed by atoms with van der Waals surface area (Å²) in [6, 6.07) is 3.78. The molecule has 1 aromatic heterocycles. The molecule has 0 atom stereocenters. The number of nitrogens with zero attached hydrogens (tertiary/aromatic N) is 5. The van der Waals surface area contributed by atoms with Gasteiger partial charge in [-0.1, -0.05) is 13.8 Å². The summed E-state index contributed by atoms with van der Waals surface area (Å²) in [5, 5.41) is 37.6. The third-order valence-electron chi connectivity index (χ3n) is 4.06. The number of nitriles is 1. The summed E-state index contributed by atoms with van der Waals surface area (Å²) in [6.45, 7) is 4.95. The van der Waals surface area contributed by atoms with E-state index >= 15 is 0 Å². The molecule has 0 aliphatic heterocycles. The molecule has 12 heteroatoms. The van der Waals surface area contributed by atoms with Crippen LogP contribution in [0.3, 0.4) is 0 Å². The molecule has 30 heavy (non-hydrogen) atoms. The van der Waals surface area contributed by atoms with Gasteiger partial charge < -0.3 is 5.11 Å². The lowest BCUT2D eigenvalue weighted by molar-refractivity contribution is -0.388. The summed E-state index contributed by atoms with van der Waals surface area (Å²) < 4.78 is 40.2. The maximum absolute atomic E-state index is 13.1. The largest absolute Gasteiger partial charge is 0.493 e. The zero-order valence-corrected chi connectivity index (χ0v) is 16.1. The molecule has 0 spiro atoms. The molecule has 9 nitrogen and oxygen atoms in total. The van der Waals surface area contributed by atoms with Crippen molar-refractivity contribution in [2.24, 2.45) is 16.1 Å². The average Bonchev–Trinajstić information content (AvgIpc) is 2.64. The number of hydrogen-bond acceptors (Lipinski definition) is 7. The van der Waals surface area contributed by atoms with Crippen LogP contribution in [-0.4, -0.2) is 14.6 Å². The second-order valence-corrected chi connectivity index (χ2v) is 6.75. The molecule has 0 aliphatic rings. The molecule has 2 aromatic rings. The van der Waals surface area contributed by atoms with Gasteiger partial charge in [-0.2, -0.15) is 23.5 Å². The number of aromatic nitrogens is 1. The highest BCUT2D eigenvalue weighted by Crippen LogP contribution is 2.38. The van der Waals surface area contributed by atoms with Crippen molar-refractivity contribution in [1.82, 2.24) is 4.57 Å². The van der Waals surface area contributed by atoms with E-state index in [2.05, 4.69) is 10.2 Å². The van der Waals surface area contributed by atoms with E-state index < -0.39 is 33.8 Å². The van der Waals surface area contributed by atoms with Crippen LogP contribution in [0.5, 0.6) is 5.88 Å². The summed E-state index contributed by atoms with van der Waals surface area (Å²) in [6.07, 6.45) is -5.00. The average molecular weight is 423 g/mol. The standard InChI is InChI=1S/C18H16F3N5O4/c1-9(2)8-25-16(27)12(7-22)10(3)15(17(25)28)24-23-11-4-5-14(26(29)30)13(6-11)18(19,20)21/h4-6,9,27H,8H2,1-3H3. The van der Waals surface area contributed by atoms with Crippen molar-refractivity contribution in [3.8, 4) is 11.9 Å². The number of pyridine rings is 1. The number of rotatable bonds is 5. The molecule has 0 radical (unpaired) electrons. The van der Waals surface area contributed by atoms with Gasteiger partial charge in [-0.15, -0.1) is 5.11 Å². The highest BCUT2D eigenvalue weighted by molar-refractivity contribution is 5.57. The van der Waals surface area contributed by atoms with Crippen LogP contribution >= 0.6 is 0 Å². The Kier molecular flexibility index (Phi) is 6.25. The van der Waals surface area contributed by atoms with Crippen molar-refractivity contribution in [3.63, 3.8) is 0 Å². The monoisotopic (exact) mass is 423 g/mol. The lowest BCUT2D eigenvalue weighted by atomic mass is 10.1. The minimum absolute atomic E-state index is 0.00159. The highest BCUT2D eigenvalue weighted by atomic mass is 19.4. The summed E-state index contributed by atoms with van der Waals surface area (Å²) in [7, 11) is 0. The van der Waals surface area contributed by atoms with Gasteiger partial charge in [0.05, 0.1) is 10.6 Å². The molecule has 1 aromatic carbocycles. The molecule has 0 saturated carbocycles. The van der Waals surface area contributed by atoms with E-state index in [1.165, 1.54) is 6.92 Å². The number of nitro benzene ring substituents is 1. The molecule has 0 fully saturated rings. The van der Waals surface area contributed by atoms with Crippen molar-refractivity contribution in [2.45, 2.75) is 33.5 Å². The van der Waals surface area contributed by atoms with Gasteiger partial charge in [-0.3, -0.25) is 19.5 Å². The minimum atomic E-state index is -5.00. The van der Waals surface area contributed by atoms with Gasteiger partial charge in [0.25, 0.3) is 11.2 Å². The number of benzene rings is 1. The quantitative estimate of drug-likeness (QED) is 0.421. The zero-order chi connectivity index (χ0) is 22.8. The molecule has 0 amide bonds. The van der Waals surface area contributed by atoms with Crippen LogP contribution in [0.1, 0.15) is 30.5 Å². The molecule has 0 unspecified atom stereocenters. The molecule has 0 bridgehead atoms. The number of nitro groups is 1. The number of azo groups is 1. The van der Waals surface area contributed by atoms with Crippen molar-refractivity contribution in [3.05, 3.63) is 55.4 Å². The zero-order valence-electron chi connectivity index (χ0n) is 16.1. The first-order chi connectivity index (χ1) is 13.9. The first kappa shape index (κ1) is 22.5. The SMILES string of the molecule is Cc1c(C#N)c(O)n(CC(C)C)c(=O)c1N=Nc1ccc([N+](=O)[O-])c(C(F)(F)F)c1. The molecule has 1 N–H and O–H groups in total. The lowest BCUT2D eigenvalue weighted by Gasteiger charge is -2.14. The Morgan fingerprint density at radius 2 is 1.97 bits per heavy atom. The van der Waals surface area contributed by atoms with Gasteiger partial charge in [-0.25, -0.2) is 0 Å². The Hall–Kier alpha value is -3.75.